The van der Waals surface area contributed by atoms with Crippen LogP contribution >= 0.6 is 11.6 Å². The van der Waals surface area contributed by atoms with Crippen LogP contribution in [0.3, 0.4) is 0 Å². The monoisotopic (exact) mass is 680 g/mol. The molecule has 0 aromatic heterocycles. The van der Waals surface area contributed by atoms with Gasteiger partial charge in [0.25, 0.3) is 5.91 Å². The van der Waals surface area contributed by atoms with E-state index in [1.54, 1.807) is 12.1 Å². The van der Waals surface area contributed by atoms with Crippen LogP contribution in [0, 0.1) is 17.8 Å². The van der Waals surface area contributed by atoms with Gasteiger partial charge in [-0.25, -0.2) is 0 Å². The molecule has 0 spiro atoms. The molecule has 0 saturated heterocycles. The molecule has 7 nitrogen and oxygen atoms in total. The number of aryl methyl sites for hydroxylation is 1. The molecule has 3 aromatic rings. The Bertz CT molecular complexity index is 1800. The molecule has 6 rings (SSSR count). The van der Waals surface area contributed by atoms with E-state index in [2.05, 4.69) is 50.0 Å². The minimum Gasteiger partial charge on any atom is -0.493 e. The fourth-order valence-electron chi connectivity index (χ4n) is 7.55. The molecule has 1 heterocycles. The summed E-state index contributed by atoms with van der Waals surface area (Å²) in [5.74, 6) is -0.280. The third-order valence-corrected chi connectivity index (χ3v) is 10.0. The number of ether oxygens (including phenoxy) is 2. The van der Waals surface area contributed by atoms with Crippen LogP contribution < -0.4 is 14.8 Å². The number of anilines is 1. The van der Waals surface area contributed by atoms with Crippen LogP contribution in [-0.4, -0.2) is 42.6 Å². The highest BCUT2D eigenvalue weighted by atomic mass is 35.5. The summed E-state index contributed by atoms with van der Waals surface area (Å²) < 4.78 is 11.7. The number of rotatable bonds is 9. The van der Waals surface area contributed by atoms with E-state index in [1.807, 2.05) is 49.4 Å². The van der Waals surface area contributed by atoms with Crippen LogP contribution in [0.15, 0.2) is 89.3 Å². The number of nitrogens with one attached hydrogen (secondary N) is 1. The molecule has 1 N–H and O–H groups in total. The molecule has 1 aliphatic heterocycles. The first kappa shape index (κ1) is 34.5. The highest BCUT2D eigenvalue weighted by Gasteiger charge is 2.49. The predicted octanol–water partition coefficient (Wildman–Crippen LogP) is 8.60. The smallest absolute Gasteiger partial charge is 0.262 e. The molecular formula is C41H45ClN2O5. The molecule has 2 aliphatic carbocycles. The van der Waals surface area contributed by atoms with Gasteiger partial charge in [0, 0.05) is 53.5 Å². The van der Waals surface area contributed by atoms with Crippen LogP contribution in [0.1, 0.15) is 76.0 Å². The van der Waals surface area contributed by atoms with E-state index in [4.69, 9.17) is 21.1 Å². The van der Waals surface area contributed by atoms with Gasteiger partial charge in [0.15, 0.2) is 29.7 Å². The zero-order chi connectivity index (χ0) is 35.1. The standard InChI is InChI=1S/C41H45ClN2O5/c1-25-12-14-28(15-13-25)43-35(47)24-49-39-29(42)18-27(19-34(39)48-6)36-37-30(20-40(2,3)22-32(37)45)44(17-16-26-10-8-7-9-11-26)31-21-41(4,5)23-33(46)38(31)36/h7-15,18-19,36H,16-17,20-24H2,1-6H3,(H,43,47). The summed E-state index contributed by atoms with van der Waals surface area (Å²) in [4.78, 5) is 43.6. The molecule has 0 radical (unpaired) electrons. The second-order valence-electron chi connectivity index (χ2n) is 15.2. The first-order valence-electron chi connectivity index (χ1n) is 17.0. The highest BCUT2D eigenvalue weighted by molar-refractivity contribution is 6.32. The van der Waals surface area contributed by atoms with Crippen molar-refractivity contribution in [3.05, 3.63) is 111 Å². The molecule has 3 aliphatic rings. The van der Waals surface area contributed by atoms with Gasteiger partial charge >= 0.3 is 0 Å². The van der Waals surface area contributed by atoms with E-state index >= 15 is 0 Å². The topological polar surface area (TPSA) is 84.9 Å². The van der Waals surface area contributed by atoms with Crippen LogP contribution in [0.4, 0.5) is 5.69 Å². The summed E-state index contributed by atoms with van der Waals surface area (Å²) in [5.41, 5.74) is 6.52. The molecule has 0 fully saturated rings. The number of hydrogen-bond acceptors (Lipinski definition) is 6. The number of methoxy groups -OCH3 is 1. The van der Waals surface area contributed by atoms with Crippen LogP contribution in [0.25, 0.3) is 0 Å². The molecule has 0 saturated carbocycles. The summed E-state index contributed by atoms with van der Waals surface area (Å²) in [6.45, 7) is 10.9. The average molecular weight is 681 g/mol. The van der Waals surface area contributed by atoms with Gasteiger partial charge in [0.1, 0.15) is 0 Å². The number of Topliss-reactive ketones (excluding diaryl/α,β-unsaturated/α-hetero) is 2. The van der Waals surface area contributed by atoms with Gasteiger partial charge in [-0.15, -0.1) is 0 Å². The van der Waals surface area contributed by atoms with Crippen molar-refractivity contribution in [2.45, 2.75) is 72.6 Å². The van der Waals surface area contributed by atoms with Crippen molar-refractivity contribution in [2.24, 2.45) is 10.8 Å². The summed E-state index contributed by atoms with van der Waals surface area (Å²) in [6.07, 6.45) is 2.99. The summed E-state index contributed by atoms with van der Waals surface area (Å²) in [6, 6.07) is 21.4. The van der Waals surface area contributed by atoms with Crippen LogP contribution in [0.5, 0.6) is 11.5 Å². The first-order chi connectivity index (χ1) is 23.2. The van der Waals surface area contributed by atoms with Crippen molar-refractivity contribution in [1.82, 2.24) is 4.90 Å². The average Bonchev–Trinajstić information content (AvgIpc) is 3.03. The Morgan fingerprint density at radius 1 is 0.878 bits per heavy atom. The highest BCUT2D eigenvalue weighted by Crippen LogP contribution is 2.55. The quantitative estimate of drug-likeness (QED) is 0.244. The minimum absolute atomic E-state index is 0.0494. The Balaban J connectivity index is 1.40. The molecule has 8 heteroatoms. The van der Waals surface area contributed by atoms with Crippen molar-refractivity contribution in [2.75, 3.05) is 25.6 Å². The van der Waals surface area contributed by atoms with E-state index in [0.717, 1.165) is 23.4 Å². The SMILES string of the molecule is COc1cc(C2C3=C(CC(C)(C)CC3=O)N(CCc3ccccc3)C3=C2C(=O)CC(C)(C)C3)cc(Cl)c1OCC(=O)Nc1ccc(C)cc1. The van der Waals surface area contributed by atoms with Gasteiger partial charge in [0.2, 0.25) is 0 Å². The lowest BCUT2D eigenvalue weighted by molar-refractivity contribution is -0.120. The van der Waals surface area contributed by atoms with Gasteiger partial charge in [-0.1, -0.05) is 87.3 Å². The number of benzene rings is 3. The summed E-state index contributed by atoms with van der Waals surface area (Å²) >= 11 is 6.90. The van der Waals surface area contributed by atoms with E-state index in [1.165, 1.54) is 12.7 Å². The van der Waals surface area contributed by atoms with Gasteiger partial charge in [-0.05, 0) is 72.4 Å². The molecule has 1 amide bonds. The number of ketones is 2. The Morgan fingerprint density at radius 2 is 1.47 bits per heavy atom. The molecule has 256 valence electrons. The maximum absolute atomic E-state index is 14.3. The van der Waals surface area contributed by atoms with Crippen molar-refractivity contribution in [3.63, 3.8) is 0 Å². The van der Waals surface area contributed by atoms with Gasteiger partial charge in [-0.2, -0.15) is 0 Å². The molecule has 0 unspecified atom stereocenters. The van der Waals surface area contributed by atoms with Crippen molar-refractivity contribution in [3.8, 4) is 11.5 Å². The Morgan fingerprint density at radius 3 is 2.04 bits per heavy atom. The van der Waals surface area contributed by atoms with Crippen molar-refractivity contribution in [1.29, 1.82) is 0 Å². The predicted molar refractivity (Wildman–Crippen MR) is 193 cm³/mol. The Hall–Kier alpha value is -4.36. The lowest BCUT2D eigenvalue weighted by Crippen LogP contribution is -2.45. The van der Waals surface area contributed by atoms with Gasteiger partial charge in [0.05, 0.1) is 12.1 Å². The fourth-order valence-corrected chi connectivity index (χ4v) is 7.83. The van der Waals surface area contributed by atoms with Crippen molar-refractivity contribution < 1.29 is 23.9 Å². The lowest BCUT2D eigenvalue weighted by Gasteiger charge is -2.49. The maximum atomic E-state index is 14.3. The van der Waals surface area contributed by atoms with E-state index in [9.17, 15) is 14.4 Å². The van der Waals surface area contributed by atoms with Crippen LogP contribution in [-0.2, 0) is 20.8 Å². The zero-order valence-corrected chi connectivity index (χ0v) is 30.0. The second-order valence-corrected chi connectivity index (χ2v) is 15.6. The van der Waals surface area contributed by atoms with E-state index in [0.29, 0.717) is 60.4 Å². The normalized spacial score (nSPS) is 18.6. The van der Waals surface area contributed by atoms with Gasteiger partial charge in [-0.3, -0.25) is 14.4 Å². The number of carbonyl (C=O) groups excluding carboxylic acids is 3. The minimum atomic E-state index is -0.588. The number of amides is 1. The molecule has 49 heavy (non-hydrogen) atoms. The molecule has 3 aromatic carbocycles. The Labute approximate surface area is 294 Å². The summed E-state index contributed by atoms with van der Waals surface area (Å²) in [7, 11) is 1.51. The van der Waals surface area contributed by atoms with E-state index in [-0.39, 0.29) is 45.7 Å². The Kier molecular flexibility index (Phi) is 9.51. The van der Waals surface area contributed by atoms with E-state index < -0.39 is 5.92 Å². The van der Waals surface area contributed by atoms with Crippen LogP contribution in [0.2, 0.25) is 5.02 Å². The van der Waals surface area contributed by atoms with Crippen molar-refractivity contribution >= 4 is 34.8 Å². The molecule has 0 atom stereocenters. The third kappa shape index (κ3) is 7.32. The number of hydrogen-bond donors (Lipinski definition) is 1. The zero-order valence-electron chi connectivity index (χ0n) is 29.2. The summed E-state index contributed by atoms with van der Waals surface area (Å²) in [5, 5.41) is 3.07. The van der Waals surface area contributed by atoms with Gasteiger partial charge < -0.3 is 19.7 Å². The molecular weight excluding hydrogens is 636 g/mol. The maximum Gasteiger partial charge on any atom is 0.262 e. The lowest BCUT2D eigenvalue weighted by atomic mass is 9.63. The first-order valence-corrected chi connectivity index (χ1v) is 17.3. The second kappa shape index (κ2) is 13.5. The number of carbonyl (C=O) groups is 3. The third-order valence-electron chi connectivity index (χ3n) is 9.76. The number of nitrogens with zero attached hydrogens (tertiary/aromatic N) is 1. The largest absolute Gasteiger partial charge is 0.493 e. The molecule has 0 bridgehead atoms. The fraction of sp³-hybridized carbons (Fsp3) is 0.390. The number of halogens is 1. The number of allylic oxidation sites excluding steroid dienone is 4.